The minimum absolute atomic E-state index is 0.464. The summed E-state index contributed by atoms with van der Waals surface area (Å²) < 4.78 is 7.24. The van der Waals surface area contributed by atoms with Gasteiger partial charge < -0.3 is 10.1 Å². The molecule has 1 aliphatic carbocycles. The van der Waals surface area contributed by atoms with E-state index < -0.39 is 0 Å². The van der Waals surface area contributed by atoms with E-state index in [1.54, 1.807) is 13.3 Å². The lowest BCUT2D eigenvalue weighted by Crippen LogP contribution is -2.36. The Labute approximate surface area is 133 Å². The number of nitrogens with one attached hydrogen (secondary N) is 1. The van der Waals surface area contributed by atoms with Gasteiger partial charge in [0.1, 0.15) is 0 Å². The quantitative estimate of drug-likeness (QED) is 0.782. The molecule has 1 saturated carbocycles. The van der Waals surface area contributed by atoms with Crippen LogP contribution in [0.5, 0.6) is 0 Å². The molecule has 0 saturated heterocycles. The van der Waals surface area contributed by atoms with E-state index in [2.05, 4.69) is 17.3 Å². The van der Waals surface area contributed by atoms with E-state index >= 15 is 0 Å². The maximum Gasteiger partial charge on any atom is 0.0821 e. The number of halogens is 1. The Kier molecular flexibility index (Phi) is 7.00. The molecule has 1 heterocycles. The molecule has 2 rings (SSSR count). The van der Waals surface area contributed by atoms with Crippen molar-refractivity contribution in [1.29, 1.82) is 0 Å². The number of aromatic nitrogens is 2. The number of rotatable bonds is 7. The highest BCUT2D eigenvalue weighted by atomic mass is 35.5. The second kappa shape index (κ2) is 8.76. The monoisotopic (exact) mass is 313 g/mol. The van der Waals surface area contributed by atoms with E-state index in [0.29, 0.717) is 18.6 Å². The first kappa shape index (κ1) is 16.8. The van der Waals surface area contributed by atoms with Crippen LogP contribution in [0.2, 0.25) is 5.02 Å². The van der Waals surface area contributed by atoms with Crippen LogP contribution in [-0.2, 0) is 11.3 Å². The molecule has 5 heteroatoms. The molecular formula is C16H28ClN3O. The van der Waals surface area contributed by atoms with E-state index in [4.69, 9.17) is 16.3 Å². The number of hydrogen-bond donors (Lipinski definition) is 1. The van der Waals surface area contributed by atoms with Crippen LogP contribution in [0.3, 0.4) is 0 Å². The fraction of sp³-hybridized carbons (Fsp3) is 0.812. The molecule has 1 N–H and O–H groups in total. The topological polar surface area (TPSA) is 39.1 Å². The van der Waals surface area contributed by atoms with Crippen molar-refractivity contribution in [3.05, 3.63) is 16.9 Å². The first-order valence-corrected chi connectivity index (χ1v) is 8.59. The van der Waals surface area contributed by atoms with E-state index in [9.17, 15) is 0 Å². The van der Waals surface area contributed by atoms with Crippen molar-refractivity contribution in [2.24, 2.45) is 0 Å². The fourth-order valence-electron chi connectivity index (χ4n) is 3.31. The molecule has 120 valence electrons. The van der Waals surface area contributed by atoms with Crippen LogP contribution in [0.4, 0.5) is 0 Å². The Morgan fingerprint density at radius 2 is 2.19 bits per heavy atom. The van der Waals surface area contributed by atoms with Crippen LogP contribution in [0.15, 0.2) is 6.20 Å². The van der Waals surface area contributed by atoms with Gasteiger partial charge in [0.25, 0.3) is 0 Å². The van der Waals surface area contributed by atoms with Gasteiger partial charge in [-0.05, 0) is 25.8 Å². The minimum atomic E-state index is 0.464. The maximum atomic E-state index is 6.46. The van der Waals surface area contributed by atoms with Gasteiger partial charge in [0.15, 0.2) is 0 Å². The summed E-state index contributed by atoms with van der Waals surface area (Å²) in [6.07, 6.45) is 9.29. The molecule has 2 atom stereocenters. The Morgan fingerprint density at radius 3 is 2.95 bits per heavy atom. The van der Waals surface area contributed by atoms with Crippen molar-refractivity contribution >= 4 is 11.6 Å². The predicted molar refractivity (Wildman–Crippen MR) is 87.0 cm³/mol. The van der Waals surface area contributed by atoms with Gasteiger partial charge in [-0.3, -0.25) is 4.68 Å². The van der Waals surface area contributed by atoms with Gasteiger partial charge in [0.2, 0.25) is 0 Å². The first-order valence-electron chi connectivity index (χ1n) is 8.21. The number of ether oxygens (including phenoxy) is 1. The van der Waals surface area contributed by atoms with Crippen molar-refractivity contribution in [1.82, 2.24) is 15.1 Å². The Hall–Kier alpha value is -0.580. The Morgan fingerprint density at radius 1 is 1.38 bits per heavy atom. The summed E-state index contributed by atoms with van der Waals surface area (Å²) in [6, 6.07) is 0.517. The van der Waals surface area contributed by atoms with E-state index in [1.807, 2.05) is 4.68 Å². The molecular weight excluding hydrogens is 286 g/mol. The summed E-state index contributed by atoms with van der Waals surface area (Å²) in [5.74, 6) is 0.464. The largest absolute Gasteiger partial charge is 0.383 e. The first-order chi connectivity index (χ1) is 10.3. The highest BCUT2D eigenvalue weighted by Crippen LogP contribution is 2.35. The Balaban J connectivity index is 2.20. The number of methoxy groups -OCH3 is 1. The number of hydrogen-bond acceptors (Lipinski definition) is 3. The molecule has 0 aliphatic heterocycles. The van der Waals surface area contributed by atoms with Crippen LogP contribution < -0.4 is 5.32 Å². The molecule has 21 heavy (non-hydrogen) atoms. The summed E-state index contributed by atoms with van der Waals surface area (Å²) in [5, 5.41) is 8.99. The highest BCUT2D eigenvalue weighted by Gasteiger charge is 2.29. The van der Waals surface area contributed by atoms with Crippen LogP contribution in [0, 0.1) is 0 Å². The van der Waals surface area contributed by atoms with Crippen molar-refractivity contribution in [2.75, 3.05) is 20.3 Å². The van der Waals surface area contributed by atoms with Crippen LogP contribution in [0.1, 0.15) is 57.1 Å². The molecule has 4 nitrogen and oxygen atoms in total. The van der Waals surface area contributed by atoms with Crippen molar-refractivity contribution < 1.29 is 4.74 Å². The van der Waals surface area contributed by atoms with Crippen LogP contribution in [0.25, 0.3) is 0 Å². The van der Waals surface area contributed by atoms with Crippen LogP contribution >= 0.6 is 11.6 Å². The zero-order valence-corrected chi connectivity index (χ0v) is 14.0. The summed E-state index contributed by atoms with van der Waals surface area (Å²) in [6.45, 7) is 4.74. The zero-order chi connectivity index (χ0) is 15.1. The van der Waals surface area contributed by atoms with E-state index in [-0.39, 0.29) is 0 Å². The van der Waals surface area contributed by atoms with Gasteiger partial charge in [0, 0.05) is 19.1 Å². The Bertz CT molecular complexity index is 422. The van der Waals surface area contributed by atoms with Gasteiger partial charge >= 0.3 is 0 Å². The average Bonchev–Trinajstić information content (AvgIpc) is 2.71. The molecule has 0 amide bonds. The predicted octanol–water partition coefficient (Wildman–Crippen LogP) is 3.60. The molecule has 1 aliphatic rings. The SMILES string of the molecule is CCCNC1CCCCCC1c1c(Cl)cnn1CCOC. The van der Waals surface area contributed by atoms with Crippen molar-refractivity contribution in [3.63, 3.8) is 0 Å². The normalized spacial score (nSPS) is 23.2. The lowest BCUT2D eigenvalue weighted by molar-refractivity contribution is 0.181. The standard InChI is InChI=1S/C16H28ClN3O/c1-3-9-18-15-8-6-4-5-7-13(15)16-14(17)12-19-20(16)10-11-21-2/h12-13,15,18H,3-11H2,1-2H3. The van der Waals surface area contributed by atoms with E-state index in [1.165, 1.54) is 44.2 Å². The third-order valence-corrected chi connectivity index (χ3v) is 4.66. The molecule has 0 radical (unpaired) electrons. The molecule has 1 fully saturated rings. The van der Waals surface area contributed by atoms with Crippen molar-refractivity contribution in [3.8, 4) is 0 Å². The lowest BCUT2D eigenvalue weighted by atomic mass is 9.91. The lowest BCUT2D eigenvalue weighted by Gasteiger charge is -2.27. The molecule has 1 aromatic rings. The third kappa shape index (κ3) is 4.44. The molecule has 0 bridgehead atoms. The maximum absolute atomic E-state index is 6.46. The summed E-state index contributed by atoms with van der Waals surface area (Å²) in [7, 11) is 1.72. The minimum Gasteiger partial charge on any atom is -0.383 e. The molecule has 2 unspecified atom stereocenters. The fourth-order valence-corrected chi connectivity index (χ4v) is 3.59. The molecule has 1 aromatic heterocycles. The molecule has 0 aromatic carbocycles. The smallest absolute Gasteiger partial charge is 0.0821 e. The van der Waals surface area contributed by atoms with Gasteiger partial charge in [-0.2, -0.15) is 5.10 Å². The summed E-state index contributed by atoms with van der Waals surface area (Å²) >= 11 is 6.46. The number of nitrogens with zero attached hydrogens (tertiary/aromatic N) is 2. The van der Waals surface area contributed by atoms with Gasteiger partial charge in [-0.15, -0.1) is 0 Å². The van der Waals surface area contributed by atoms with Gasteiger partial charge in [0.05, 0.1) is 30.1 Å². The van der Waals surface area contributed by atoms with Crippen molar-refractivity contribution in [2.45, 2.75) is 64.0 Å². The van der Waals surface area contributed by atoms with E-state index in [0.717, 1.165) is 18.1 Å². The van der Waals surface area contributed by atoms with Crippen LogP contribution in [-0.4, -0.2) is 36.1 Å². The molecule has 0 spiro atoms. The second-order valence-electron chi connectivity index (χ2n) is 5.90. The second-order valence-corrected chi connectivity index (χ2v) is 6.31. The third-order valence-electron chi connectivity index (χ3n) is 4.36. The van der Waals surface area contributed by atoms with Gasteiger partial charge in [-0.1, -0.05) is 37.8 Å². The van der Waals surface area contributed by atoms with Gasteiger partial charge in [-0.25, -0.2) is 0 Å². The zero-order valence-electron chi connectivity index (χ0n) is 13.3. The summed E-state index contributed by atoms with van der Waals surface area (Å²) in [4.78, 5) is 0. The highest BCUT2D eigenvalue weighted by molar-refractivity contribution is 6.31. The average molecular weight is 314 g/mol. The summed E-state index contributed by atoms with van der Waals surface area (Å²) in [5.41, 5.74) is 1.20.